The lowest BCUT2D eigenvalue weighted by atomic mass is 10.0. The monoisotopic (exact) mass is 305 g/mol. The fourth-order valence-corrected chi connectivity index (χ4v) is 2.13. The molecule has 0 amide bonds. The number of rotatable bonds is 7. The van der Waals surface area contributed by atoms with E-state index >= 15 is 0 Å². The van der Waals surface area contributed by atoms with Gasteiger partial charge >= 0.3 is 5.97 Å². The van der Waals surface area contributed by atoms with E-state index in [4.69, 9.17) is 22.1 Å². The zero-order valence-electron chi connectivity index (χ0n) is 11.3. The molecule has 0 aliphatic heterocycles. The first-order chi connectivity index (χ1) is 9.45. The van der Waals surface area contributed by atoms with Crippen LogP contribution in [-0.2, 0) is 9.53 Å². The number of ether oxygens (including phenoxy) is 1. The highest BCUT2D eigenvalue weighted by molar-refractivity contribution is 6.31. The van der Waals surface area contributed by atoms with E-state index in [9.17, 15) is 13.6 Å². The van der Waals surface area contributed by atoms with Crippen LogP contribution in [-0.4, -0.2) is 12.6 Å². The molecule has 1 unspecified atom stereocenters. The first-order valence-electron chi connectivity index (χ1n) is 6.51. The van der Waals surface area contributed by atoms with Gasteiger partial charge in [0.05, 0.1) is 6.61 Å². The number of esters is 1. The van der Waals surface area contributed by atoms with Gasteiger partial charge in [-0.05, 0) is 37.5 Å². The molecular weight excluding hydrogens is 288 g/mol. The Bertz CT molecular complexity index is 469. The summed E-state index contributed by atoms with van der Waals surface area (Å²) in [6.07, 6.45) is 2.17. The normalized spacial score (nSPS) is 12.2. The molecule has 1 aromatic carbocycles. The molecule has 0 spiro atoms. The second-order valence-corrected chi connectivity index (χ2v) is 4.85. The van der Waals surface area contributed by atoms with Gasteiger partial charge in [-0.25, -0.2) is 8.78 Å². The summed E-state index contributed by atoms with van der Waals surface area (Å²) in [6, 6.07) is 1.46. The molecule has 1 aromatic rings. The molecule has 20 heavy (non-hydrogen) atoms. The van der Waals surface area contributed by atoms with Crippen molar-refractivity contribution in [1.29, 1.82) is 0 Å². The van der Waals surface area contributed by atoms with Crippen LogP contribution in [0.3, 0.4) is 0 Å². The van der Waals surface area contributed by atoms with E-state index in [-0.39, 0.29) is 11.0 Å². The molecule has 0 aliphatic carbocycles. The topological polar surface area (TPSA) is 52.3 Å². The average molecular weight is 306 g/mol. The average Bonchev–Trinajstić information content (AvgIpc) is 2.39. The molecule has 0 radical (unpaired) electrons. The summed E-state index contributed by atoms with van der Waals surface area (Å²) >= 11 is 5.84. The van der Waals surface area contributed by atoms with Crippen molar-refractivity contribution in [1.82, 2.24) is 0 Å². The van der Waals surface area contributed by atoms with Crippen molar-refractivity contribution in [3.05, 3.63) is 34.4 Å². The smallest absolute Gasteiger partial charge is 0.305 e. The molecule has 0 saturated heterocycles. The predicted molar refractivity (Wildman–Crippen MR) is 73.4 cm³/mol. The van der Waals surface area contributed by atoms with Gasteiger partial charge in [-0.1, -0.05) is 18.0 Å². The lowest BCUT2D eigenvalue weighted by Gasteiger charge is -2.14. The molecule has 1 atom stereocenters. The van der Waals surface area contributed by atoms with Gasteiger partial charge < -0.3 is 10.5 Å². The standard InChI is InChI=1S/C14H18ClF2NO2/c1-2-20-14(19)6-4-3-5-13(18)9-7-11(16)12(17)8-10(9)15/h7-8,13H,2-6,18H2,1H3. The van der Waals surface area contributed by atoms with Crippen molar-refractivity contribution in [3.8, 4) is 0 Å². The molecule has 0 aromatic heterocycles. The first kappa shape index (κ1) is 16.9. The third kappa shape index (κ3) is 5.06. The Labute approximate surface area is 122 Å². The summed E-state index contributed by atoms with van der Waals surface area (Å²) in [5.41, 5.74) is 6.28. The van der Waals surface area contributed by atoms with Crippen LogP contribution in [0.1, 0.15) is 44.2 Å². The Morgan fingerprint density at radius 2 is 2.00 bits per heavy atom. The number of carbonyl (C=O) groups excluding carboxylic acids is 1. The Morgan fingerprint density at radius 1 is 1.35 bits per heavy atom. The summed E-state index contributed by atoms with van der Waals surface area (Å²) in [4.78, 5) is 11.1. The largest absolute Gasteiger partial charge is 0.466 e. The van der Waals surface area contributed by atoms with E-state index in [2.05, 4.69) is 0 Å². The quantitative estimate of drug-likeness (QED) is 0.474. The maximum absolute atomic E-state index is 13.1. The lowest BCUT2D eigenvalue weighted by molar-refractivity contribution is -0.143. The SMILES string of the molecule is CCOC(=O)CCCCC(N)c1cc(F)c(F)cc1Cl. The van der Waals surface area contributed by atoms with Gasteiger partial charge in [-0.3, -0.25) is 4.79 Å². The van der Waals surface area contributed by atoms with Gasteiger partial charge in [-0.2, -0.15) is 0 Å². The van der Waals surface area contributed by atoms with Crippen molar-refractivity contribution in [3.63, 3.8) is 0 Å². The molecule has 0 aliphatic rings. The van der Waals surface area contributed by atoms with Crippen molar-refractivity contribution in [2.75, 3.05) is 6.61 Å². The molecule has 6 heteroatoms. The summed E-state index contributed by atoms with van der Waals surface area (Å²) in [7, 11) is 0. The van der Waals surface area contributed by atoms with Gasteiger partial charge in [0.2, 0.25) is 0 Å². The molecule has 0 saturated carbocycles. The number of carbonyl (C=O) groups is 1. The van der Waals surface area contributed by atoms with Crippen molar-refractivity contribution in [2.45, 2.75) is 38.6 Å². The molecule has 1 rings (SSSR count). The number of benzene rings is 1. The summed E-state index contributed by atoms with van der Waals surface area (Å²) < 4.78 is 30.9. The van der Waals surface area contributed by atoms with Crippen molar-refractivity contribution < 1.29 is 18.3 Å². The van der Waals surface area contributed by atoms with Crippen LogP contribution in [0.5, 0.6) is 0 Å². The van der Waals surface area contributed by atoms with E-state index in [0.29, 0.717) is 37.9 Å². The van der Waals surface area contributed by atoms with E-state index in [0.717, 1.165) is 12.1 Å². The molecule has 112 valence electrons. The minimum atomic E-state index is -0.992. The van der Waals surface area contributed by atoms with Crippen molar-refractivity contribution in [2.24, 2.45) is 5.73 Å². The van der Waals surface area contributed by atoms with Gasteiger partial charge in [0.1, 0.15) is 0 Å². The Hall–Kier alpha value is -1.20. The first-order valence-corrected chi connectivity index (χ1v) is 6.89. The predicted octanol–water partition coefficient (Wildman–Crippen LogP) is 3.74. The number of nitrogens with two attached hydrogens (primary N) is 1. The van der Waals surface area contributed by atoms with Crippen LogP contribution in [0.25, 0.3) is 0 Å². The van der Waals surface area contributed by atoms with Gasteiger partial charge in [0.15, 0.2) is 11.6 Å². The van der Waals surface area contributed by atoms with E-state index in [1.807, 2.05) is 0 Å². The second kappa shape index (κ2) is 8.17. The zero-order chi connectivity index (χ0) is 15.1. The maximum Gasteiger partial charge on any atom is 0.305 e. The molecule has 0 bridgehead atoms. The van der Waals surface area contributed by atoms with Crippen LogP contribution in [0.15, 0.2) is 12.1 Å². The van der Waals surface area contributed by atoms with Crippen LogP contribution >= 0.6 is 11.6 Å². The Kier molecular flexibility index (Phi) is 6.88. The molecule has 3 nitrogen and oxygen atoms in total. The molecule has 0 heterocycles. The second-order valence-electron chi connectivity index (χ2n) is 4.45. The van der Waals surface area contributed by atoms with E-state index < -0.39 is 17.7 Å². The van der Waals surface area contributed by atoms with Gasteiger partial charge in [0, 0.05) is 17.5 Å². The highest BCUT2D eigenvalue weighted by atomic mass is 35.5. The lowest BCUT2D eigenvalue weighted by Crippen LogP contribution is -2.12. The van der Waals surface area contributed by atoms with E-state index in [1.165, 1.54) is 0 Å². The number of hydrogen-bond acceptors (Lipinski definition) is 3. The number of hydrogen-bond donors (Lipinski definition) is 1. The Balaban J connectivity index is 2.45. The van der Waals surface area contributed by atoms with Gasteiger partial charge in [0.25, 0.3) is 0 Å². The number of halogens is 3. The molecule has 0 fully saturated rings. The third-order valence-electron chi connectivity index (χ3n) is 2.89. The van der Waals surface area contributed by atoms with Crippen LogP contribution in [0.4, 0.5) is 8.78 Å². The highest BCUT2D eigenvalue weighted by Crippen LogP contribution is 2.27. The summed E-state index contributed by atoms with van der Waals surface area (Å²) in [5.74, 6) is -2.20. The number of unbranched alkanes of at least 4 members (excludes halogenated alkanes) is 1. The van der Waals surface area contributed by atoms with Crippen LogP contribution in [0, 0.1) is 11.6 Å². The van der Waals surface area contributed by atoms with Crippen LogP contribution < -0.4 is 5.73 Å². The van der Waals surface area contributed by atoms with Gasteiger partial charge in [-0.15, -0.1) is 0 Å². The fraction of sp³-hybridized carbons (Fsp3) is 0.500. The minimum absolute atomic E-state index is 0.113. The molecule has 2 N–H and O–H groups in total. The Morgan fingerprint density at radius 3 is 2.65 bits per heavy atom. The van der Waals surface area contributed by atoms with E-state index in [1.54, 1.807) is 6.92 Å². The highest BCUT2D eigenvalue weighted by Gasteiger charge is 2.14. The maximum atomic E-state index is 13.1. The fourth-order valence-electron chi connectivity index (χ4n) is 1.84. The summed E-state index contributed by atoms with van der Waals surface area (Å²) in [5, 5.41) is 0.113. The minimum Gasteiger partial charge on any atom is -0.466 e. The van der Waals surface area contributed by atoms with Crippen LogP contribution in [0.2, 0.25) is 5.02 Å². The summed E-state index contributed by atoms with van der Waals surface area (Å²) in [6.45, 7) is 2.11. The van der Waals surface area contributed by atoms with Crippen molar-refractivity contribution >= 4 is 17.6 Å². The third-order valence-corrected chi connectivity index (χ3v) is 3.22. The zero-order valence-corrected chi connectivity index (χ0v) is 12.1. The molecular formula is C14H18ClF2NO2.